The molecular weight excluding hydrogens is 557 g/mol. The third kappa shape index (κ3) is 8.43. The molecule has 4 aliphatic rings. The van der Waals surface area contributed by atoms with E-state index in [0.717, 1.165) is 70.8 Å². The molecule has 4 heterocycles. The van der Waals surface area contributed by atoms with E-state index >= 15 is 4.39 Å². The second-order valence-electron chi connectivity index (χ2n) is 12.9. The number of alkyl halides is 2. The van der Waals surface area contributed by atoms with Gasteiger partial charge < -0.3 is 21.1 Å². The van der Waals surface area contributed by atoms with Crippen LogP contribution < -0.4 is 16.4 Å². The van der Waals surface area contributed by atoms with Crippen LogP contribution in [0.3, 0.4) is 0 Å². The SMILES string of the molecule is CCCC(CC)C1=NC(N)C(C(=O)NC2CNCC(Cl)C2N2CCN(C3CCOC3)CC2)C(C)N(CC)CC(F)CC1. The summed E-state index contributed by atoms with van der Waals surface area (Å²) in [5.41, 5.74) is 7.82. The van der Waals surface area contributed by atoms with Crippen molar-refractivity contribution < 1.29 is 13.9 Å². The highest BCUT2D eigenvalue weighted by molar-refractivity contribution is 6.21. The second-order valence-corrected chi connectivity index (χ2v) is 13.4. The quantitative estimate of drug-likeness (QED) is 0.344. The lowest BCUT2D eigenvalue weighted by molar-refractivity contribution is -0.129. The predicted octanol–water partition coefficient (Wildman–Crippen LogP) is 2.47. The van der Waals surface area contributed by atoms with Gasteiger partial charge in [0.1, 0.15) is 12.3 Å². The Morgan fingerprint density at radius 3 is 2.57 bits per heavy atom. The maximum atomic E-state index is 15.2. The van der Waals surface area contributed by atoms with Gasteiger partial charge in [-0.05, 0) is 51.5 Å². The predicted molar refractivity (Wildman–Crippen MR) is 169 cm³/mol. The van der Waals surface area contributed by atoms with Crippen molar-refractivity contribution in [3.63, 3.8) is 0 Å². The van der Waals surface area contributed by atoms with Crippen molar-refractivity contribution in [2.24, 2.45) is 22.6 Å². The summed E-state index contributed by atoms with van der Waals surface area (Å²) >= 11 is 6.96. The number of hydrogen-bond acceptors (Lipinski definition) is 8. The molecule has 1 amide bonds. The molecule has 4 N–H and O–H groups in total. The number of halogens is 2. The van der Waals surface area contributed by atoms with E-state index in [1.807, 2.05) is 13.8 Å². The molecule has 0 aromatic carbocycles. The summed E-state index contributed by atoms with van der Waals surface area (Å²) < 4.78 is 20.9. The molecule has 0 aliphatic carbocycles. The lowest BCUT2D eigenvalue weighted by Gasteiger charge is -2.47. The Labute approximate surface area is 258 Å². The molecule has 11 heteroatoms. The summed E-state index contributed by atoms with van der Waals surface area (Å²) in [7, 11) is 0. The van der Waals surface area contributed by atoms with E-state index < -0.39 is 18.3 Å². The number of hydrogen-bond donors (Lipinski definition) is 3. The normalized spacial score (nSPS) is 37.3. The zero-order chi connectivity index (χ0) is 30.2. The van der Waals surface area contributed by atoms with Crippen molar-refractivity contribution in [1.82, 2.24) is 25.3 Å². The van der Waals surface area contributed by atoms with Crippen LogP contribution in [0.25, 0.3) is 0 Å². The number of carbonyl (C=O) groups is 1. The van der Waals surface area contributed by atoms with Gasteiger partial charge in [-0.1, -0.05) is 27.2 Å². The van der Waals surface area contributed by atoms with Gasteiger partial charge in [0.2, 0.25) is 5.91 Å². The minimum atomic E-state index is -0.965. The minimum Gasteiger partial charge on any atom is -0.380 e. The van der Waals surface area contributed by atoms with E-state index in [-0.39, 0.29) is 35.3 Å². The molecule has 0 spiro atoms. The number of aliphatic imine (C=N–C) groups is 1. The molecule has 9 unspecified atom stereocenters. The van der Waals surface area contributed by atoms with Gasteiger partial charge in [0.05, 0.1) is 23.9 Å². The molecular formula is C31H57ClFN7O2. The highest BCUT2D eigenvalue weighted by Gasteiger charge is 2.42. The van der Waals surface area contributed by atoms with Gasteiger partial charge in [0.25, 0.3) is 0 Å². The van der Waals surface area contributed by atoms with Gasteiger partial charge in [-0.15, -0.1) is 11.6 Å². The molecule has 242 valence electrons. The Balaban J connectivity index is 1.53. The third-order valence-electron chi connectivity index (χ3n) is 10.2. The van der Waals surface area contributed by atoms with Gasteiger partial charge in [-0.2, -0.15) is 0 Å². The first-order valence-electron chi connectivity index (χ1n) is 16.7. The largest absolute Gasteiger partial charge is 0.380 e. The average molecular weight is 614 g/mol. The Bertz CT molecular complexity index is 870. The number of amides is 1. The van der Waals surface area contributed by atoms with Gasteiger partial charge in [-0.25, -0.2) is 4.39 Å². The maximum absolute atomic E-state index is 15.2. The Morgan fingerprint density at radius 1 is 1.19 bits per heavy atom. The van der Waals surface area contributed by atoms with Crippen LogP contribution in [0.1, 0.15) is 66.2 Å². The van der Waals surface area contributed by atoms with E-state index in [1.165, 1.54) is 0 Å². The zero-order valence-electron chi connectivity index (χ0n) is 26.4. The first-order valence-corrected chi connectivity index (χ1v) is 17.1. The maximum Gasteiger partial charge on any atom is 0.228 e. The van der Waals surface area contributed by atoms with Crippen LogP contribution in [-0.4, -0.2) is 134 Å². The van der Waals surface area contributed by atoms with Crippen LogP contribution in [0.2, 0.25) is 0 Å². The smallest absolute Gasteiger partial charge is 0.228 e. The molecule has 3 saturated heterocycles. The van der Waals surface area contributed by atoms with Crippen LogP contribution in [-0.2, 0) is 9.53 Å². The molecule has 0 aromatic heterocycles. The summed E-state index contributed by atoms with van der Waals surface area (Å²) in [4.78, 5) is 26.3. The summed E-state index contributed by atoms with van der Waals surface area (Å²) in [6, 6.07) is 0.131. The third-order valence-corrected chi connectivity index (χ3v) is 10.7. The summed E-state index contributed by atoms with van der Waals surface area (Å²) in [6.07, 6.45) is 3.46. The Kier molecular flexibility index (Phi) is 13.3. The van der Waals surface area contributed by atoms with Crippen molar-refractivity contribution in [1.29, 1.82) is 0 Å². The number of nitrogens with two attached hydrogens (primary N) is 1. The van der Waals surface area contributed by atoms with Crippen LogP contribution >= 0.6 is 11.6 Å². The molecule has 9 nitrogen and oxygen atoms in total. The number of nitrogens with zero attached hydrogens (tertiary/aromatic N) is 4. The lowest BCUT2D eigenvalue weighted by atomic mass is 9.88. The van der Waals surface area contributed by atoms with Crippen molar-refractivity contribution in [3.05, 3.63) is 0 Å². The lowest BCUT2D eigenvalue weighted by Crippen LogP contribution is -2.68. The topological polar surface area (TPSA) is 98.5 Å². The van der Waals surface area contributed by atoms with Crippen LogP contribution in [0.15, 0.2) is 4.99 Å². The van der Waals surface area contributed by atoms with E-state index in [0.29, 0.717) is 45.1 Å². The Hall–Kier alpha value is -0.880. The fraction of sp³-hybridized carbons (Fsp3) is 0.935. The average Bonchev–Trinajstić information content (AvgIpc) is 3.52. The van der Waals surface area contributed by atoms with Crippen LogP contribution in [0.4, 0.5) is 4.39 Å². The number of carbonyl (C=O) groups excluding carboxylic acids is 1. The number of piperidine rings is 1. The van der Waals surface area contributed by atoms with E-state index in [4.69, 9.17) is 27.1 Å². The summed E-state index contributed by atoms with van der Waals surface area (Å²) in [5.74, 6) is -0.437. The highest BCUT2D eigenvalue weighted by Crippen LogP contribution is 2.26. The summed E-state index contributed by atoms with van der Waals surface area (Å²) in [6.45, 7) is 16.1. The van der Waals surface area contributed by atoms with E-state index in [1.54, 1.807) is 0 Å². The monoisotopic (exact) mass is 613 g/mol. The molecule has 9 atom stereocenters. The number of nitrogens with one attached hydrogen (secondary N) is 2. The van der Waals surface area contributed by atoms with Gasteiger partial charge in [0, 0.05) is 76.3 Å². The number of ether oxygens (including phenoxy) is 1. The van der Waals surface area contributed by atoms with E-state index in [2.05, 4.69) is 39.2 Å². The minimum absolute atomic E-state index is 0.0236. The first-order chi connectivity index (χ1) is 20.3. The van der Waals surface area contributed by atoms with Crippen LogP contribution in [0, 0.1) is 11.8 Å². The van der Waals surface area contributed by atoms with Crippen molar-refractivity contribution in [2.45, 2.75) is 108 Å². The molecule has 3 fully saturated rings. The fourth-order valence-corrected chi connectivity index (χ4v) is 8.14. The molecule has 0 radical (unpaired) electrons. The van der Waals surface area contributed by atoms with Crippen molar-refractivity contribution in [3.8, 4) is 0 Å². The molecule has 4 aliphatic heterocycles. The van der Waals surface area contributed by atoms with Crippen molar-refractivity contribution >= 4 is 23.2 Å². The Morgan fingerprint density at radius 2 is 1.93 bits per heavy atom. The molecule has 0 bridgehead atoms. The standard InChI is InChI=1S/C31H57ClFN7O2/c1-5-8-22(6-2)26-10-9-23(33)19-38(7-3)21(4)28(30(34)36-26)31(41)37-27-18-35-17-25(32)29(27)40-14-12-39(13-15-40)24-11-16-42-20-24/h21-25,27-30,35H,5-20,34H2,1-4H3,(H,37,41). The molecule has 0 aromatic rings. The molecule has 42 heavy (non-hydrogen) atoms. The van der Waals surface area contributed by atoms with Gasteiger partial charge in [0.15, 0.2) is 0 Å². The second kappa shape index (κ2) is 16.4. The fourth-order valence-electron chi connectivity index (χ4n) is 7.70. The first kappa shape index (κ1) is 34.0. The number of piperazine rings is 1. The molecule has 0 saturated carbocycles. The van der Waals surface area contributed by atoms with Gasteiger partial charge in [-0.3, -0.25) is 24.5 Å². The van der Waals surface area contributed by atoms with E-state index in [9.17, 15) is 4.79 Å². The van der Waals surface area contributed by atoms with Crippen molar-refractivity contribution in [2.75, 3.05) is 65.6 Å². The summed E-state index contributed by atoms with van der Waals surface area (Å²) in [5, 5.41) is 6.69. The molecule has 4 rings (SSSR count). The highest BCUT2D eigenvalue weighted by atomic mass is 35.5. The zero-order valence-corrected chi connectivity index (χ0v) is 27.2. The van der Waals surface area contributed by atoms with Gasteiger partial charge >= 0.3 is 0 Å². The van der Waals surface area contributed by atoms with Crippen LogP contribution in [0.5, 0.6) is 0 Å². The number of rotatable bonds is 9.